The third kappa shape index (κ3) is 29.2. The highest BCUT2D eigenvalue weighted by molar-refractivity contribution is 5.75. The maximum absolute atomic E-state index is 11.8. The summed E-state index contributed by atoms with van der Waals surface area (Å²) >= 11 is 0. The zero-order valence-corrected chi connectivity index (χ0v) is 21.6. The van der Waals surface area contributed by atoms with Gasteiger partial charge in [0.05, 0.1) is 52.9 Å². The highest BCUT2D eigenvalue weighted by atomic mass is 16.6. The monoisotopic (exact) mass is 474 g/mol. The number of carbonyl (C=O) groups excluding carboxylic acids is 1. The second-order valence-corrected chi connectivity index (χ2v) is 8.58. The van der Waals surface area contributed by atoms with Crippen molar-refractivity contribution in [2.45, 2.75) is 96.8 Å². The fraction of sp³-hybridized carbons (Fsp3) is 0.962. The first-order chi connectivity index (χ1) is 16.3. The normalized spacial score (nSPS) is 11.2. The van der Waals surface area contributed by atoms with Crippen LogP contribution in [0.5, 0.6) is 0 Å². The summed E-state index contributed by atoms with van der Waals surface area (Å²) in [4.78, 5) is 11.8. The molecular formula is C26H54N2O5. The van der Waals surface area contributed by atoms with Crippen LogP contribution in [0.3, 0.4) is 0 Å². The van der Waals surface area contributed by atoms with Crippen LogP contribution in [-0.4, -0.2) is 71.9 Å². The predicted molar refractivity (Wildman–Crippen MR) is 136 cm³/mol. The molecule has 0 aromatic rings. The van der Waals surface area contributed by atoms with Crippen LogP contribution in [0, 0.1) is 0 Å². The lowest BCUT2D eigenvalue weighted by Gasteiger charge is -2.08. The summed E-state index contributed by atoms with van der Waals surface area (Å²) in [5, 5.41) is 2.92. The van der Waals surface area contributed by atoms with Crippen LogP contribution in [-0.2, 0) is 23.7 Å². The Morgan fingerprint density at radius 2 is 0.970 bits per heavy atom. The van der Waals surface area contributed by atoms with E-state index in [4.69, 9.17) is 24.7 Å². The molecule has 0 bridgehead atoms. The van der Waals surface area contributed by atoms with Crippen LogP contribution in [0.4, 0.5) is 0 Å². The molecule has 0 fully saturated rings. The molecule has 3 N–H and O–H groups in total. The van der Waals surface area contributed by atoms with Gasteiger partial charge in [-0.3, -0.25) is 4.79 Å². The topological polar surface area (TPSA) is 92.0 Å². The van der Waals surface area contributed by atoms with Crippen molar-refractivity contribution in [1.29, 1.82) is 0 Å². The molecule has 33 heavy (non-hydrogen) atoms. The molecule has 0 saturated carbocycles. The van der Waals surface area contributed by atoms with E-state index in [-0.39, 0.29) is 5.91 Å². The molecular weight excluding hydrogens is 420 g/mol. The summed E-state index contributed by atoms with van der Waals surface area (Å²) in [6.45, 7) is 7.69. The summed E-state index contributed by atoms with van der Waals surface area (Å²) in [5.74, 6) is 0.130. The summed E-state index contributed by atoms with van der Waals surface area (Å²) < 4.78 is 21.5. The maximum Gasteiger partial charge on any atom is 0.220 e. The van der Waals surface area contributed by atoms with Crippen molar-refractivity contribution >= 4 is 5.91 Å². The SMILES string of the molecule is CCCCCCCCCCCCCCCC(=O)NCCOCCOCCOCCOCCN. The standard InChI is InChI=1S/C26H54N2O5/c1-2-3-4-5-6-7-8-9-10-11-12-13-14-15-26(29)28-17-19-31-21-23-33-25-24-32-22-20-30-18-16-27/h2-25,27H2,1H3,(H,28,29). The Balaban J connectivity index is 3.14. The van der Waals surface area contributed by atoms with Crippen molar-refractivity contribution in [1.82, 2.24) is 5.32 Å². The zero-order valence-electron chi connectivity index (χ0n) is 21.6. The first-order valence-electron chi connectivity index (χ1n) is 13.6. The van der Waals surface area contributed by atoms with Crippen LogP contribution in [0.15, 0.2) is 0 Å². The molecule has 1 amide bonds. The van der Waals surface area contributed by atoms with Crippen LogP contribution in [0.1, 0.15) is 96.8 Å². The summed E-state index contributed by atoms with van der Waals surface area (Å²) in [6, 6.07) is 0. The van der Waals surface area contributed by atoms with Gasteiger partial charge in [-0.2, -0.15) is 0 Å². The number of unbranched alkanes of at least 4 members (excludes halogenated alkanes) is 12. The minimum Gasteiger partial charge on any atom is -0.378 e. The third-order valence-corrected chi connectivity index (χ3v) is 5.45. The summed E-state index contributed by atoms with van der Waals surface area (Å²) in [5.41, 5.74) is 5.32. The van der Waals surface area contributed by atoms with E-state index in [1.165, 1.54) is 70.6 Å². The van der Waals surface area contributed by atoms with Crippen molar-refractivity contribution < 1.29 is 23.7 Å². The van der Waals surface area contributed by atoms with Gasteiger partial charge in [-0.25, -0.2) is 0 Å². The number of rotatable bonds is 28. The van der Waals surface area contributed by atoms with Crippen molar-refractivity contribution in [3.05, 3.63) is 0 Å². The molecule has 0 atom stereocenters. The minimum atomic E-state index is 0.130. The maximum atomic E-state index is 11.8. The number of nitrogens with two attached hydrogens (primary N) is 1. The number of ether oxygens (including phenoxy) is 4. The Labute approximate surface area is 203 Å². The fourth-order valence-corrected chi connectivity index (χ4v) is 3.50. The number of hydrogen-bond donors (Lipinski definition) is 2. The highest BCUT2D eigenvalue weighted by Gasteiger charge is 2.01. The summed E-state index contributed by atoms with van der Waals surface area (Å²) in [7, 11) is 0. The molecule has 0 aromatic heterocycles. The van der Waals surface area contributed by atoms with E-state index in [2.05, 4.69) is 12.2 Å². The fourth-order valence-electron chi connectivity index (χ4n) is 3.50. The predicted octanol–water partition coefficient (Wildman–Crippen LogP) is 4.61. The van der Waals surface area contributed by atoms with Gasteiger partial charge in [0.25, 0.3) is 0 Å². The molecule has 0 unspecified atom stereocenters. The van der Waals surface area contributed by atoms with Crippen LogP contribution in [0.2, 0.25) is 0 Å². The van der Waals surface area contributed by atoms with Gasteiger partial charge in [-0.15, -0.1) is 0 Å². The number of carbonyl (C=O) groups is 1. The molecule has 0 heterocycles. The first-order valence-corrected chi connectivity index (χ1v) is 13.6. The van der Waals surface area contributed by atoms with Crippen LogP contribution < -0.4 is 11.1 Å². The molecule has 0 radical (unpaired) electrons. The number of hydrogen-bond acceptors (Lipinski definition) is 6. The van der Waals surface area contributed by atoms with Gasteiger partial charge >= 0.3 is 0 Å². The summed E-state index contributed by atoms with van der Waals surface area (Å²) in [6.07, 6.45) is 17.8. The molecule has 0 saturated heterocycles. The van der Waals surface area contributed by atoms with Gasteiger partial charge in [0.15, 0.2) is 0 Å². The number of amides is 1. The van der Waals surface area contributed by atoms with E-state index >= 15 is 0 Å². The van der Waals surface area contributed by atoms with E-state index < -0.39 is 0 Å². The molecule has 0 aliphatic carbocycles. The zero-order chi connectivity index (χ0) is 24.1. The van der Waals surface area contributed by atoms with Crippen molar-refractivity contribution in [3.63, 3.8) is 0 Å². The van der Waals surface area contributed by atoms with Crippen molar-refractivity contribution in [2.24, 2.45) is 5.73 Å². The largest absolute Gasteiger partial charge is 0.378 e. The Morgan fingerprint density at radius 1 is 0.576 bits per heavy atom. The Kier molecular flexibility index (Phi) is 28.7. The lowest BCUT2D eigenvalue weighted by Crippen LogP contribution is -2.27. The molecule has 0 spiro atoms. The molecule has 0 rings (SSSR count). The van der Waals surface area contributed by atoms with Crippen LogP contribution >= 0.6 is 0 Å². The van der Waals surface area contributed by atoms with Crippen molar-refractivity contribution in [2.75, 3.05) is 65.9 Å². The Morgan fingerprint density at radius 3 is 1.42 bits per heavy atom. The lowest BCUT2D eigenvalue weighted by atomic mass is 10.0. The van der Waals surface area contributed by atoms with E-state index in [1.807, 2.05) is 0 Å². The van der Waals surface area contributed by atoms with Crippen molar-refractivity contribution in [3.8, 4) is 0 Å². The second-order valence-electron chi connectivity index (χ2n) is 8.58. The minimum absolute atomic E-state index is 0.130. The second kappa shape index (κ2) is 29.3. The van der Waals surface area contributed by atoms with E-state index in [0.717, 1.165) is 12.8 Å². The Hall–Kier alpha value is -0.730. The van der Waals surface area contributed by atoms with E-state index in [0.29, 0.717) is 72.4 Å². The smallest absolute Gasteiger partial charge is 0.220 e. The van der Waals surface area contributed by atoms with Gasteiger partial charge in [0.2, 0.25) is 5.91 Å². The van der Waals surface area contributed by atoms with Gasteiger partial charge in [-0.1, -0.05) is 84.0 Å². The van der Waals surface area contributed by atoms with Crippen LogP contribution in [0.25, 0.3) is 0 Å². The average molecular weight is 475 g/mol. The lowest BCUT2D eigenvalue weighted by molar-refractivity contribution is -0.121. The quantitative estimate of drug-likeness (QED) is 0.161. The van der Waals surface area contributed by atoms with E-state index in [1.54, 1.807) is 0 Å². The number of nitrogens with one attached hydrogen (secondary N) is 1. The third-order valence-electron chi connectivity index (χ3n) is 5.45. The average Bonchev–Trinajstić information content (AvgIpc) is 2.82. The van der Waals surface area contributed by atoms with Gasteiger partial charge < -0.3 is 30.0 Å². The Bertz CT molecular complexity index is 386. The molecule has 0 aromatic carbocycles. The molecule has 0 aliphatic rings. The first kappa shape index (κ1) is 32.3. The molecule has 198 valence electrons. The molecule has 7 nitrogen and oxygen atoms in total. The molecule has 0 aliphatic heterocycles. The van der Waals surface area contributed by atoms with Gasteiger partial charge in [0.1, 0.15) is 0 Å². The van der Waals surface area contributed by atoms with E-state index in [9.17, 15) is 4.79 Å². The van der Waals surface area contributed by atoms with Gasteiger partial charge in [-0.05, 0) is 6.42 Å². The van der Waals surface area contributed by atoms with Gasteiger partial charge in [0, 0.05) is 19.5 Å². The highest BCUT2D eigenvalue weighted by Crippen LogP contribution is 2.12. The molecule has 7 heteroatoms.